The first-order valence-corrected chi connectivity index (χ1v) is 23.5. The van der Waals surface area contributed by atoms with E-state index in [1.165, 1.54) is 12.2 Å². The minimum absolute atomic E-state index is 0.0282. The third-order valence-electron chi connectivity index (χ3n) is 12.4. The molecule has 0 unspecified atom stereocenters. The molecule has 0 spiro atoms. The van der Waals surface area contributed by atoms with Crippen LogP contribution in [0.2, 0.25) is 0 Å². The highest BCUT2D eigenvalue weighted by Gasteiger charge is 2.47. The molecule has 15 N–H and O–H groups in total. The largest absolute Gasteiger partial charge is 0.396 e. The second-order valence-electron chi connectivity index (χ2n) is 18.0. The monoisotopic (exact) mass is 955 g/mol. The van der Waals surface area contributed by atoms with Gasteiger partial charge in [-0.2, -0.15) is 0 Å². The number of aliphatic hydroxyl groups is 15. The molecule has 2 heterocycles. The Kier molecular flexibility index (Phi) is 29.0. The van der Waals surface area contributed by atoms with Crippen molar-refractivity contribution >= 4 is 0 Å². The van der Waals surface area contributed by atoms with E-state index in [4.69, 9.17) is 14.6 Å². The zero-order chi connectivity index (χ0) is 50.2. The van der Waals surface area contributed by atoms with Crippen molar-refractivity contribution in [3.8, 4) is 0 Å². The zero-order valence-corrected chi connectivity index (χ0v) is 39.0. The molecule has 17 nitrogen and oxygen atoms in total. The average Bonchev–Trinajstić information content (AvgIpc) is 3.30. The molecule has 19 atom stereocenters. The summed E-state index contributed by atoms with van der Waals surface area (Å²) >= 11 is 0. The van der Waals surface area contributed by atoms with Crippen LogP contribution in [0.5, 0.6) is 0 Å². The molecule has 2 fully saturated rings. The van der Waals surface area contributed by atoms with Gasteiger partial charge in [-0.1, -0.05) is 98.6 Å². The van der Waals surface area contributed by atoms with Gasteiger partial charge >= 0.3 is 0 Å². The molecule has 0 radical (unpaired) electrons. The maximum absolute atomic E-state index is 11.1. The Morgan fingerprint density at radius 3 is 1.73 bits per heavy atom. The van der Waals surface area contributed by atoms with E-state index in [0.717, 1.165) is 12.8 Å². The molecule has 2 saturated heterocycles. The van der Waals surface area contributed by atoms with Crippen LogP contribution in [0.3, 0.4) is 0 Å². The summed E-state index contributed by atoms with van der Waals surface area (Å²) in [6, 6.07) is 0. The van der Waals surface area contributed by atoms with E-state index in [0.29, 0.717) is 18.4 Å². The predicted molar refractivity (Wildman–Crippen MR) is 252 cm³/mol. The highest BCUT2D eigenvalue weighted by molar-refractivity contribution is 5.13. The van der Waals surface area contributed by atoms with Crippen molar-refractivity contribution in [3.63, 3.8) is 0 Å². The summed E-state index contributed by atoms with van der Waals surface area (Å²) in [6.45, 7) is 10.6. The van der Waals surface area contributed by atoms with E-state index in [9.17, 15) is 71.5 Å². The molecule has 0 bridgehead atoms. The van der Waals surface area contributed by atoms with Crippen molar-refractivity contribution in [2.75, 3.05) is 6.61 Å². The Morgan fingerprint density at radius 2 is 1.16 bits per heavy atom. The first kappa shape index (κ1) is 60.4. The molecule has 0 amide bonds. The van der Waals surface area contributed by atoms with Crippen LogP contribution in [0.1, 0.15) is 90.9 Å². The van der Waals surface area contributed by atoms with Crippen LogP contribution < -0.4 is 0 Å². The molecule has 17 heteroatoms. The van der Waals surface area contributed by atoms with Gasteiger partial charge in [0, 0.05) is 25.9 Å². The Bertz CT molecular complexity index is 1580. The third-order valence-corrected chi connectivity index (χ3v) is 12.4. The molecule has 67 heavy (non-hydrogen) atoms. The standard InChI is InChI=1S/C50H82O17/c1-5-6-7-8-9-10-11-12-13-14-15-16-17-18-19-35(54)44(61)49-47(64)39(58)29-41(67-49)48(65)43(60)31(3)21-23-34(53)40-28-38(57)46(63)50(66-40)45(62)36(55)26-30(2)20-22-33(52)27-37(56)42(59)32(4)24-25-51/h5-7,10-15,18-19,26,32-65H,1,3,8-9,16-17,20-25,27-29H2,2,4H3/b7-6+,11-10+,13-12+,15-14+,19-18+,30-26+/t32-,33-,34+,35-,36-,37-,38-,39+,40-,41+,42+,43+,44-,45+,46-,47+,48-,49-,50+/m0/s1. The third kappa shape index (κ3) is 21.0. The number of hydrogen-bond donors (Lipinski definition) is 15. The van der Waals surface area contributed by atoms with Gasteiger partial charge in [-0.05, 0) is 76.2 Å². The van der Waals surface area contributed by atoms with Crippen molar-refractivity contribution in [1.29, 1.82) is 0 Å². The first-order valence-electron chi connectivity index (χ1n) is 23.5. The Morgan fingerprint density at radius 1 is 0.642 bits per heavy atom. The SMILES string of the molecule is C=C/C=C/CC/C=C/C=C/C=C/CC/C=C/[C@H](O)[C@H](O)[C@@H]1O[C@@H]([C@H](O)[C@H](O)C(=C)CC[C@@H](O)[C@@H]2C[C@H](O)[C@H](O)[C@@H]([C@H](O)[C@@H](O)/C=C(\C)CC[C@H](O)C[C@H](O)[C@H](O)[C@@H](C)CCO)O2)C[C@@H](O)[C@H]1O. The summed E-state index contributed by atoms with van der Waals surface area (Å²) in [7, 11) is 0. The van der Waals surface area contributed by atoms with Crippen molar-refractivity contribution in [3.05, 3.63) is 97.2 Å². The van der Waals surface area contributed by atoms with Crippen LogP contribution >= 0.6 is 0 Å². The number of unbranched alkanes of at least 4 members (excludes halogenated alkanes) is 2. The van der Waals surface area contributed by atoms with Crippen LogP contribution in [-0.2, 0) is 9.47 Å². The van der Waals surface area contributed by atoms with Crippen molar-refractivity contribution in [2.45, 2.75) is 201 Å². The summed E-state index contributed by atoms with van der Waals surface area (Å²) in [5.41, 5.74) is 0.560. The molecule has 0 aromatic carbocycles. The second kappa shape index (κ2) is 32.2. The minimum Gasteiger partial charge on any atom is -0.396 e. The molecule has 0 aromatic rings. The molecular weight excluding hydrogens is 873 g/mol. The van der Waals surface area contributed by atoms with Gasteiger partial charge in [0.2, 0.25) is 0 Å². The molecule has 384 valence electrons. The van der Waals surface area contributed by atoms with Gasteiger partial charge in [0.15, 0.2) is 0 Å². The van der Waals surface area contributed by atoms with Gasteiger partial charge in [-0.15, -0.1) is 0 Å². The summed E-state index contributed by atoms with van der Waals surface area (Å²) in [6.07, 6.45) is -2.19. The van der Waals surface area contributed by atoms with Gasteiger partial charge in [0.1, 0.15) is 61.0 Å². The van der Waals surface area contributed by atoms with Crippen molar-refractivity contribution in [1.82, 2.24) is 0 Å². The van der Waals surface area contributed by atoms with Crippen molar-refractivity contribution in [2.24, 2.45) is 5.92 Å². The van der Waals surface area contributed by atoms with Gasteiger partial charge in [0.25, 0.3) is 0 Å². The van der Waals surface area contributed by atoms with Crippen LogP contribution in [-0.4, -0.2) is 193 Å². The van der Waals surface area contributed by atoms with E-state index in [1.807, 2.05) is 42.5 Å². The molecular formula is C50H82O17. The van der Waals surface area contributed by atoms with Crippen LogP contribution in [0, 0.1) is 5.92 Å². The molecule has 2 aliphatic rings. The van der Waals surface area contributed by atoms with E-state index in [2.05, 4.69) is 19.2 Å². The molecule has 0 aliphatic carbocycles. The lowest BCUT2D eigenvalue weighted by Gasteiger charge is -2.42. The van der Waals surface area contributed by atoms with Gasteiger partial charge < -0.3 is 86.1 Å². The second-order valence-corrected chi connectivity index (χ2v) is 18.0. The lowest BCUT2D eigenvalue weighted by Crippen LogP contribution is -2.59. The number of hydrogen-bond acceptors (Lipinski definition) is 17. The maximum atomic E-state index is 11.1. The van der Waals surface area contributed by atoms with Crippen LogP contribution in [0.4, 0.5) is 0 Å². The molecule has 2 aliphatic heterocycles. The fraction of sp³-hybridized carbons (Fsp3) is 0.680. The van der Waals surface area contributed by atoms with Gasteiger partial charge in [-0.25, -0.2) is 0 Å². The quantitative estimate of drug-likeness (QED) is 0.0253. The number of aliphatic hydroxyl groups excluding tert-OH is 15. The maximum Gasteiger partial charge on any atom is 0.115 e. The Balaban J connectivity index is 1.90. The summed E-state index contributed by atoms with van der Waals surface area (Å²) < 4.78 is 11.5. The highest BCUT2D eigenvalue weighted by atomic mass is 16.6. The summed E-state index contributed by atoms with van der Waals surface area (Å²) in [5, 5.41) is 159. The predicted octanol–water partition coefficient (Wildman–Crippen LogP) is 0.353. The summed E-state index contributed by atoms with van der Waals surface area (Å²) in [4.78, 5) is 0. The first-order chi connectivity index (χ1) is 31.7. The highest BCUT2D eigenvalue weighted by Crippen LogP contribution is 2.31. The van der Waals surface area contributed by atoms with Crippen LogP contribution in [0.25, 0.3) is 0 Å². The van der Waals surface area contributed by atoms with Gasteiger partial charge in [-0.3, -0.25) is 0 Å². The Hall–Kier alpha value is -2.76. The average molecular weight is 955 g/mol. The molecule has 2 rings (SSSR count). The zero-order valence-electron chi connectivity index (χ0n) is 39.0. The number of allylic oxidation sites excluding steroid dienone is 11. The number of rotatable bonds is 31. The normalized spacial score (nSPS) is 29.5. The van der Waals surface area contributed by atoms with E-state index in [-0.39, 0.29) is 69.5 Å². The fourth-order valence-corrected chi connectivity index (χ4v) is 7.96. The fourth-order valence-electron chi connectivity index (χ4n) is 7.96. The topological polar surface area (TPSA) is 322 Å². The van der Waals surface area contributed by atoms with Crippen LogP contribution in [0.15, 0.2) is 97.2 Å². The van der Waals surface area contributed by atoms with E-state index >= 15 is 0 Å². The molecule has 0 saturated carbocycles. The van der Waals surface area contributed by atoms with E-state index < -0.39 is 110 Å². The smallest absolute Gasteiger partial charge is 0.115 e. The van der Waals surface area contributed by atoms with Crippen molar-refractivity contribution < 1.29 is 86.1 Å². The minimum atomic E-state index is -1.77. The Labute approximate surface area is 395 Å². The molecule has 0 aromatic heterocycles. The van der Waals surface area contributed by atoms with Gasteiger partial charge in [0.05, 0.1) is 48.8 Å². The van der Waals surface area contributed by atoms with E-state index in [1.54, 1.807) is 26.0 Å². The summed E-state index contributed by atoms with van der Waals surface area (Å²) in [5.74, 6) is -0.385. The lowest BCUT2D eigenvalue weighted by molar-refractivity contribution is -0.234. The lowest BCUT2D eigenvalue weighted by atomic mass is 9.87. The number of ether oxygens (including phenoxy) is 2.